The summed E-state index contributed by atoms with van der Waals surface area (Å²) in [6, 6.07) is 1.70. The third-order valence-electron chi connectivity index (χ3n) is 5.49. The van der Waals surface area contributed by atoms with Crippen LogP contribution in [0.4, 0.5) is 5.95 Å². The monoisotopic (exact) mass is 356 g/mol. The Morgan fingerprint density at radius 2 is 2.04 bits per heavy atom. The molecule has 0 saturated carbocycles. The predicted molar refractivity (Wildman–Crippen MR) is 101 cm³/mol. The summed E-state index contributed by atoms with van der Waals surface area (Å²) in [6.45, 7) is 4.93. The average molecular weight is 356 g/mol. The van der Waals surface area contributed by atoms with Crippen LogP contribution in [0.5, 0.6) is 0 Å². The quantitative estimate of drug-likeness (QED) is 0.906. The Hall–Kier alpha value is -2.15. The van der Waals surface area contributed by atoms with Gasteiger partial charge in [-0.3, -0.25) is 19.4 Å². The van der Waals surface area contributed by atoms with E-state index in [1.165, 1.54) is 24.8 Å². The molecule has 2 aliphatic heterocycles. The van der Waals surface area contributed by atoms with Crippen LogP contribution in [0.25, 0.3) is 0 Å². The Kier molecular flexibility index (Phi) is 5.06. The van der Waals surface area contributed by atoms with Gasteiger partial charge in [-0.25, -0.2) is 4.98 Å². The van der Waals surface area contributed by atoms with Gasteiger partial charge in [-0.15, -0.1) is 0 Å². The number of hydrogen-bond donors (Lipinski definition) is 1. The van der Waals surface area contributed by atoms with E-state index in [4.69, 9.17) is 4.98 Å². The van der Waals surface area contributed by atoms with Gasteiger partial charge in [0.1, 0.15) is 0 Å². The molecule has 2 saturated heterocycles. The van der Waals surface area contributed by atoms with Crippen LogP contribution < -0.4 is 10.5 Å². The smallest absolute Gasteiger partial charge is 0.252 e. The van der Waals surface area contributed by atoms with Gasteiger partial charge in [-0.05, 0) is 38.6 Å². The highest BCUT2D eigenvalue weighted by molar-refractivity contribution is 5.31. The average Bonchev–Trinajstić information content (AvgIpc) is 3.07. The lowest BCUT2D eigenvalue weighted by molar-refractivity contribution is 0.198. The number of nitrogens with zero attached hydrogens (tertiary/aromatic N) is 5. The molecule has 1 N–H and O–H groups in total. The first kappa shape index (κ1) is 17.3. The maximum atomic E-state index is 12.2. The number of hydrogen-bond acceptors (Lipinski definition) is 5. The minimum Gasteiger partial charge on any atom is -0.342 e. The highest BCUT2D eigenvalue weighted by Gasteiger charge is 2.24. The summed E-state index contributed by atoms with van der Waals surface area (Å²) in [5, 5.41) is 4.26. The van der Waals surface area contributed by atoms with Gasteiger partial charge in [0.05, 0.1) is 11.9 Å². The second-order valence-electron chi connectivity index (χ2n) is 7.64. The standard InChI is InChI=1S/C19H28N6O/c1-23-12-15(11-20-23)13-24-7-5-6-16(14-24)17-10-18(26)22-19(21-17)25-8-3-2-4-9-25/h10-12,16H,2-9,13-14H2,1H3,(H,21,22,26). The van der Waals surface area contributed by atoms with Gasteiger partial charge in [0.25, 0.3) is 5.56 Å². The van der Waals surface area contributed by atoms with Crippen molar-refractivity contribution >= 4 is 5.95 Å². The predicted octanol–water partition coefficient (Wildman–Crippen LogP) is 1.87. The maximum absolute atomic E-state index is 12.2. The number of aryl methyl sites for hydroxylation is 1. The molecule has 4 heterocycles. The molecule has 1 unspecified atom stereocenters. The second-order valence-corrected chi connectivity index (χ2v) is 7.64. The van der Waals surface area contributed by atoms with Crippen LogP contribution in [0.2, 0.25) is 0 Å². The molecule has 0 spiro atoms. The van der Waals surface area contributed by atoms with Crippen LogP contribution in [-0.2, 0) is 13.6 Å². The van der Waals surface area contributed by atoms with E-state index in [9.17, 15) is 4.79 Å². The molecule has 2 aliphatic rings. The largest absolute Gasteiger partial charge is 0.342 e. The van der Waals surface area contributed by atoms with Crippen molar-refractivity contribution in [1.82, 2.24) is 24.6 Å². The molecule has 140 valence electrons. The number of aromatic nitrogens is 4. The molecular formula is C19H28N6O. The van der Waals surface area contributed by atoms with Gasteiger partial charge in [-0.2, -0.15) is 5.10 Å². The number of aromatic amines is 1. The molecule has 0 amide bonds. The van der Waals surface area contributed by atoms with E-state index in [0.717, 1.165) is 57.2 Å². The molecule has 0 bridgehead atoms. The van der Waals surface area contributed by atoms with E-state index in [1.807, 2.05) is 17.9 Å². The topological polar surface area (TPSA) is 70.1 Å². The summed E-state index contributed by atoms with van der Waals surface area (Å²) < 4.78 is 1.85. The first-order valence-electron chi connectivity index (χ1n) is 9.73. The Bertz CT molecular complexity index is 791. The fourth-order valence-corrected chi connectivity index (χ4v) is 4.18. The lowest BCUT2D eigenvalue weighted by atomic mass is 9.94. The number of H-pyrrole nitrogens is 1. The summed E-state index contributed by atoms with van der Waals surface area (Å²) in [4.78, 5) is 24.7. The second kappa shape index (κ2) is 7.61. The van der Waals surface area contributed by atoms with E-state index >= 15 is 0 Å². The molecule has 1 atom stereocenters. The first-order valence-corrected chi connectivity index (χ1v) is 9.73. The highest BCUT2D eigenvalue weighted by Crippen LogP contribution is 2.27. The normalized spacial score (nSPS) is 21.9. The third-order valence-corrected chi connectivity index (χ3v) is 5.49. The molecule has 26 heavy (non-hydrogen) atoms. The van der Waals surface area contributed by atoms with Gasteiger partial charge in [0.15, 0.2) is 0 Å². The van der Waals surface area contributed by atoms with Crippen molar-refractivity contribution in [1.29, 1.82) is 0 Å². The van der Waals surface area contributed by atoms with Crippen molar-refractivity contribution in [2.75, 3.05) is 31.1 Å². The summed E-state index contributed by atoms with van der Waals surface area (Å²) in [5.41, 5.74) is 2.16. The molecule has 0 aliphatic carbocycles. The van der Waals surface area contributed by atoms with Crippen molar-refractivity contribution in [3.63, 3.8) is 0 Å². The van der Waals surface area contributed by atoms with Crippen LogP contribution in [0.15, 0.2) is 23.3 Å². The molecule has 2 aromatic rings. The third kappa shape index (κ3) is 3.98. The lowest BCUT2D eigenvalue weighted by Crippen LogP contribution is -2.36. The van der Waals surface area contributed by atoms with Gasteiger partial charge >= 0.3 is 0 Å². The highest BCUT2D eigenvalue weighted by atomic mass is 16.1. The van der Waals surface area contributed by atoms with Crippen LogP contribution in [0.1, 0.15) is 49.3 Å². The molecule has 0 aromatic carbocycles. The van der Waals surface area contributed by atoms with E-state index < -0.39 is 0 Å². The fourth-order valence-electron chi connectivity index (χ4n) is 4.18. The molecule has 2 fully saturated rings. The zero-order valence-electron chi connectivity index (χ0n) is 15.5. The molecule has 0 radical (unpaired) electrons. The van der Waals surface area contributed by atoms with Crippen molar-refractivity contribution in [2.24, 2.45) is 7.05 Å². The van der Waals surface area contributed by atoms with Crippen LogP contribution in [0.3, 0.4) is 0 Å². The number of anilines is 1. The fraction of sp³-hybridized carbons (Fsp3) is 0.632. The summed E-state index contributed by atoms with van der Waals surface area (Å²) in [6.07, 6.45) is 9.86. The van der Waals surface area contributed by atoms with Gasteiger partial charge < -0.3 is 4.90 Å². The van der Waals surface area contributed by atoms with Gasteiger partial charge in [-0.1, -0.05) is 0 Å². The van der Waals surface area contributed by atoms with Crippen LogP contribution in [0, 0.1) is 0 Å². The molecule has 4 rings (SSSR count). The van der Waals surface area contributed by atoms with E-state index in [1.54, 1.807) is 6.07 Å². The Labute approximate surface area is 154 Å². The van der Waals surface area contributed by atoms with Crippen molar-refractivity contribution < 1.29 is 0 Å². The van der Waals surface area contributed by atoms with E-state index in [0.29, 0.717) is 5.92 Å². The van der Waals surface area contributed by atoms with E-state index in [2.05, 4.69) is 26.1 Å². The number of nitrogens with one attached hydrogen (secondary N) is 1. The SMILES string of the molecule is Cn1cc(CN2CCCC(c3cc(=O)[nH]c(N4CCCCC4)n3)C2)cn1. The van der Waals surface area contributed by atoms with Gasteiger partial charge in [0.2, 0.25) is 5.95 Å². The van der Waals surface area contributed by atoms with Crippen molar-refractivity contribution in [3.05, 3.63) is 40.1 Å². The molecule has 7 nitrogen and oxygen atoms in total. The Morgan fingerprint density at radius 3 is 2.81 bits per heavy atom. The lowest BCUT2D eigenvalue weighted by Gasteiger charge is -2.33. The molecular weight excluding hydrogens is 328 g/mol. The first-order chi connectivity index (χ1) is 12.7. The Morgan fingerprint density at radius 1 is 1.19 bits per heavy atom. The summed E-state index contributed by atoms with van der Waals surface area (Å²) >= 11 is 0. The maximum Gasteiger partial charge on any atom is 0.252 e. The number of piperidine rings is 2. The minimum absolute atomic E-state index is 0.0278. The Balaban J connectivity index is 1.49. The zero-order chi connectivity index (χ0) is 17.9. The zero-order valence-corrected chi connectivity index (χ0v) is 15.5. The van der Waals surface area contributed by atoms with Crippen LogP contribution in [-0.4, -0.2) is 50.8 Å². The summed E-state index contributed by atoms with van der Waals surface area (Å²) in [7, 11) is 1.95. The molecule has 7 heteroatoms. The van der Waals surface area contributed by atoms with Crippen molar-refractivity contribution in [3.8, 4) is 0 Å². The van der Waals surface area contributed by atoms with Crippen LogP contribution >= 0.6 is 0 Å². The summed E-state index contributed by atoms with van der Waals surface area (Å²) in [5.74, 6) is 1.09. The van der Waals surface area contributed by atoms with E-state index in [-0.39, 0.29) is 5.56 Å². The number of likely N-dealkylation sites (tertiary alicyclic amines) is 1. The number of rotatable bonds is 4. The minimum atomic E-state index is -0.0278. The van der Waals surface area contributed by atoms with Crippen molar-refractivity contribution in [2.45, 2.75) is 44.6 Å². The van der Waals surface area contributed by atoms with Gasteiger partial charge in [0, 0.05) is 57.0 Å². The molecule has 2 aromatic heterocycles.